The normalized spacial score (nSPS) is 11.8. The van der Waals surface area contributed by atoms with Crippen LogP contribution in [0.1, 0.15) is 31.2 Å². The van der Waals surface area contributed by atoms with Crippen LogP contribution in [0.4, 0.5) is 0 Å². The second-order valence-corrected chi connectivity index (χ2v) is 8.74. The van der Waals surface area contributed by atoms with Gasteiger partial charge in [0.15, 0.2) is 16.3 Å². The summed E-state index contributed by atoms with van der Waals surface area (Å²) in [7, 11) is 2.29. The first-order valence-corrected chi connectivity index (χ1v) is 10.4. The Balaban J connectivity index is 2.61. The van der Waals surface area contributed by atoms with Crippen molar-refractivity contribution >= 4 is 22.2 Å². The molecule has 0 atom stereocenters. The first-order chi connectivity index (χ1) is 12.8. The predicted octanol–water partition coefficient (Wildman–Crippen LogP) is 2.60. The fraction of sp³-hybridized carbons (Fsp3) is 0.529. The minimum absolute atomic E-state index is 0.154. The number of hydrogen-bond acceptors (Lipinski definition) is 6. The molecule has 2 rings (SSSR count). The Morgan fingerprint density at radius 1 is 1.22 bits per heavy atom. The summed E-state index contributed by atoms with van der Waals surface area (Å²) < 4.78 is 39.9. The quantitative estimate of drug-likeness (QED) is 0.635. The summed E-state index contributed by atoms with van der Waals surface area (Å²) in [5.41, 5.74) is 0.563. The van der Waals surface area contributed by atoms with E-state index >= 15 is 0 Å². The van der Waals surface area contributed by atoms with Crippen LogP contribution in [0.5, 0.6) is 11.5 Å². The van der Waals surface area contributed by atoms with Gasteiger partial charge in [0.05, 0.1) is 19.1 Å². The minimum Gasteiger partial charge on any atom is -0.493 e. The topological polar surface area (TPSA) is 89.4 Å². The highest BCUT2D eigenvalue weighted by Crippen LogP contribution is 2.34. The minimum atomic E-state index is -3.68. The van der Waals surface area contributed by atoms with Crippen molar-refractivity contribution in [3.63, 3.8) is 0 Å². The van der Waals surface area contributed by atoms with Crippen molar-refractivity contribution < 1.29 is 17.9 Å². The van der Waals surface area contributed by atoms with Crippen molar-refractivity contribution in [1.29, 1.82) is 0 Å². The van der Waals surface area contributed by atoms with Gasteiger partial charge in [0.2, 0.25) is 10.0 Å². The molecular weight excluding hydrogens is 388 g/mol. The van der Waals surface area contributed by atoms with Crippen LogP contribution >= 0.6 is 12.2 Å². The average molecular weight is 415 g/mol. The van der Waals surface area contributed by atoms with E-state index in [1.54, 1.807) is 6.07 Å². The molecule has 0 radical (unpaired) electrons. The molecule has 0 aliphatic rings. The van der Waals surface area contributed by atoms with E-state index in [0.29, 0.717) is 34.1 Å². The first-order valence-electron chi connectivity index (χ1n) is 8.57. The molecule has 0 aliphatic carbocycles. The summed E-state index contributed by atoms with van der Waals surface area (Å²) >= 11 is 5.31. The number of sulfonamides is 1. The van der Waals surface area contributed by atoms with Gasteiger partial charge in [-0.1, -0.05) is 13.3 Å². The molecule has 0 unspecified atom stereocenters. The summed E-state index contributed by atoms with van der Waals surface area (Å²) in [6.45, 7) is 2.82. The zero-order chi connectivity index (χ0) is 20.2. The lowest BCUT2D eigenvalue weighted by Crippen LogP contribution is -2.24. The van der Waals surface area contributed by atoms with E-state index in [4.69, 9.17) is 21.7 Å². The highest BCUT2D eigenvalue weighted by atomic mass is 32.2. The van der Waals surface area contributed by atoms with Gasteiger partial charge in [0.25, 0.3) is 0 Å². The van der Waals surface area contributed by atoms with Crippen LogP contribution in [0.25, 0.3) is 0 Å². The van der Waals surface area contributed by atoms with Gasteiger partial charge in [-0.05, 0) is 30.3 Å². The third-order valence-corrected chi connectivity index (χ3v) is 6.46. The third kappa shape index (κ3) is 4.50. The van der Waals surface area contributed by atoms with Crippen LogP contribution in [0, 0.1) is 4.77 Å². The third-order valence-electron chi connectivity index (χ3n) is 4.25. The highest BCUT2D eigenvalue weighted by Gasteiger charge is 2.25. The molecule has 2 aromatic rings. The number of ether oxygens (including phenoxy) is 2. The fourth-order valence-corrected chi connectivity index (χ4v) is 4.03. The molecule has 10 heteroatoms. The van der Waals surface area contributed by atoms with Gasteiger partial charge in [-0.15, -0.1) is 0 Å². The number of H-pyrrole nitrogens is 1. The zero-order valence-electron chi connectivity index (χ0n) is 16.3. The van der Waals surface area contributed by atoms with Crippen molar-refractivity contribution in [1.82, 2.24) is 19.1 Å². The van der Waals surface area contributed by atoms with E-state index in [0.717, 1.165) is 19.4 Å². The molecular formula is C17H26N4O4S2. The second kappa shape index (κ2) is 8.85. The standard InChI is InChI=1S/C17H26N4O4S2/c1-6-7-8-21-16(18-19-17(21)26)10-12-9-13(24-4)14(25-5)11-15(12)27(22,23)20(2)3/h9,11H,6-8,10H2,1-5H3,(H,19,26). The van der Waals surface area contributed by atoms with Crippen LogP contribution in [0.15, 0.2) is 17.0 Å². The van der Waals surface area contributed by atoms with Crippen molar-refractivity contribution in [2.75, 3.05) is 28.3 Å². The molecule has 27 heavy (non-hydrogen) atoms. The molecule has 1 N–H and O–H groups in total. The molecule has 0 aliphatic heterocycles. The Morgan fingerprint density at radius 3 is 2.41 bits per heavy atom. The maximum Gasteiger partial charge on any atom is 0.242 e. The van der Waals surface area contributed by atoms with Gasteiger partial charge in [-0.2, -0.15) is 5.10 Å². The second-order valence-electron chi connectivity index (χ2n) is 6.23. The lowest BCUT2D eigenvalue weighted by Gasteiger charge is -2.18. The largest absolute Gasteiger partial charge is 0.493 e. The molecule has 0 fully saturated rings. The Kier molecular flexibility index (Phi) is 7.01. The Labute approximate surface area is 165 Å². The SMILES string of the molecule is CCCCn1c(Cc2cc(OC)c(OC)cc2S(=O)(=O)N(C)C)n[nH]c1=S. The van der Waals surface area contributed by atoms with E-state index < -0.39 is 10.0 Å². The van der Waals surface area contributed by atoms with Gasteiger partial charge >= 0.3 is 0 Å². The molecule has 0 saturated heterocycles. The van der Waals surface area contributed by atoms with Gasteiger partial charge in [0.1, 0.15) is 5.82 Å². The number of aromatic nitrogens is 3. The summed E-state index contributed by atoms with van der Waals surface area (Å²) in [6.07, 6.45) is 2.26. The number of hydrogen-bond donors (Lipinski definition) is 1. The van der Waals surface area contributed by atoms with Crippen molar-refractivity contribution in [3.05, 3.63) is 28.3 Å². The van der Waals surface area contributed by atoms with Gasteiger partial charge in [0, 0.05) is 33.1 Å². The maximum atomic E-state index is 12.8. The Morgan fingerprint density at radius 2 is 1.85 bits per heavy atom. The van der Waals surface area contributed by atoms with Crippen LogP contribution in [-0.2, 0) is 23.0 Å². The number of nitrogens with zero attached hydrogens (tertiary/aromatic N) is 3. The number of benzene rings is 1. The lowest BCUT2D eigenvalue weighted by molar-refractivity contribution is 0.353. The zero-order valence-corrected chi connectivity index (χ0v) is 17.9. The van der Waals surface area contributed by atoms with Gasteiger partial charge in [-0.3, -0.25) is 5.10 Å². The van der Waals surface area contributed by atoms with E-state index in [9.17, 15) is 8.42 Å². The molecule has 0 bridgehead atoms. The Bertz CT molecular complexity index is 948. The number of rotatable bonds is 9. The fourth-order valence-electron chi connectivity index (χ4n) is 2.68. The predicted molar refractivity (Wildman–Crippen MR) is 106 cm³/mol. The Hall–Kier alpha value is -1.91. The highest BCUT2D eigenvalue weighted by molar-refractivity contribution is 7.89. The summed E-state index contributed by atoms with van der Waals surface area (Å²) in [5.74, 6) is 1.49. The average Bonchev–Trinajstić information content (AvgIpc) is 2.98. The number of aromatic amines is 1. The van der Waals surface area contributed by atoms with Gasteiger partial charge < -0.3 is 14.0 Å². The molecule has 0 spiro atoms. The summed E-state index contributed by atoms with van der Waals surface area (Å²) in [4.78, 5) is 0.154. The molecule has 8 nitrogen and oxygen atoms in total. The molecule has 1 heterocycles. The van der Waals surface area contributed by atoms with Crippen LogP contribution < -0.4 is 9.47 Å². The van der Waals surface area contributed by atoms with Crippen LogP contribution in [-0.4, -0.2) is 55.8 Å². The molecule has 0 saturated carbocycles. The van der Waals surface area contributed by atoms with Crippen molar-refractivity contribution in [2.24, 2.45) is 0 Å². The number of nitrogens with one attached hydrogen (secondary N) is 1. The molecule has 1 aromatic carbocycles. The van der Waals surface area contributed by atoms with Crippen molar-refractivity contribution in [2.45, 2.75) is 37.6 Å². The smallest absolute Gasteiger partial charge is 0.242 e. The summed E-state index contributed by atoms with van der Waals surface area (Å²) in [6, 6.07) is 3.16. The monoisotopic (exact) mass is 414 g/mol. The number of methoxy groups -OCH3 is 2. The maximum absolute atomic E-state index is 12.8. The van der Waals surface area contributed by atoms with E-state index in [1.807, 2.05) is 4.57 Å². The number of unbranched alkanes of at least 4 members (excludes halogenated alkanes) is 1. The van der Waals surface area contributed by atoms with Gasteiger partial charge in [-0.25, -0.2) is 12.7 Å². The molecule has 150 valence electrons. The van der Waals surface area contributed by atoms with E-state index in [1.165, 1.54) is 38.7 Å². The first kappa shape index (κ1) is 21.4. The van der Waals surface area contributed by atoms with Crippen LogP contribution in [0.2, 0.25) is 0 Å². The van der Waals surface area contributed by atoms with E-state index in [2.05, 4.69) is 17.1 Å². The summed E-state index contributed by atoms with van der Waals surface area (Å²) in [5, 5.41) is 7.09. The van der Waals surface area contributed by atoms with E-state index in [-0.39, 0.29) is 4.90 Å². The van der Waals surface area contributed by atoms with Crippen LogP contribution in [0.3, 0.4) is 0 Å². The molecule has 1 aromatic heterocycles. The van der Waals surface area contributed by atoms with Crippen molar-refractivity contribution in [3.8, 4) is 11.5 Å². The molecule has 0 amide bonds. The lowest BCUT2D eigenvalue weighted by atomic mass is 10.1.